The molecule has 0 unspecified atom stereocenters. The molecule has 0 bridgehead atoms. The third kappa shape index (κ3) is 3.52. The van der Waals surface area contributed by atoms with Gasteiger partial charge < -0.3 is 4.90 Å². The molecule has 0 heterocycles. The van der Waals surface area contributed by atoms with Crippen LogP contribution in [0.4, 0.5) is 0 Å². The summed E-state index contributed by atoms with van der Waals surface area (Å²) in [7, 11) is 0. The Labute approximate surface area is 127 Å². The summed E-state index contributed by atoms with van der Waals surface area (Å²) in [6.07, 6.45) is 0. The maximum atomic E-state index is 12.9. The van der Waals surface area contributed by atoms with Gasteiger partial charge in [0, 0.05) is 11.6 Å². The van der Waals surface area contributed by atoms with Gasteiger partial charge in [-0.2, -0.15) is 0 Å². The van der Waals surface area contributed by atoms with Gasteiger partial charge in [-0.1, -0.05) is 48.0 Å². The summed E-state index contributed by atoms with van der Waals surface area (Å²) in [5, 5.41) is 0. The van der Waals surface area contributed by atoms with Crippen molar-refractivity contribution in [3.05, 3.63) is 71.3 Å². The van der Waals surface area contributed by atoms with E-state index in [1.165, 1.54) is 0 Å². The van der Waals surface area contributed by atoms with Crippen LogP contribution >= 0.6 is 0 Å². The van der Waals surface area contributed by atoms with Crippen LogP contribution in [0.3, 0.4) is 0 Å². The lowest BCUT2D eigenvalue weighted by atomic mass is 10.0. The van der Waals surface area contributed by atoms with E-state index in [1.54, 1.807) is 0 Å². The Hall–Kier alpha value is -2.09. The summed E-state index contributed by atoms with van der Waals surface area (Å²) in [4.78, 5) is 14.8. The van der Waals surface area contributed by atoms with E-state index in [0.717, 1.165) is 16.7 Å². The van der Waals surface area contributed by atoms with Crippen molar-refractivity contribution in [1.29, 1.82) is 0 Å². The maximum Gasteiger partial charge on any atom is 0.254 e. The first-order chi connectivity index (χ1) is 10.0. The van der Waals surface area contributed by atoms with Crippen LogP contribution in [0, 0.1) is 6.92 Å². The molecule has 21 heavy (non-hydrogen) atoms. The molecule has 2 rings (SSSR count). The van der Waals surface area contributed by atoms with Crippen molar-refractivity contribution >= 4 is 5.91 Å². The van der Waals surface area contributed by atoms with Crippen molar-refractivity contribution in [2.24, 2.45) is 0 Å². The molecule has 0 aliphatic rings. The molecule has 0 N–H and O–H groups in total. The molecule has 0 saturated carbocycles. The van der Waals surface area contributed by atoms with Gasteiger partial charge in [0.15, 0.2) is 0 Å². The predicted molar refractivity (Wildman–Crippen MR) is 87.3 cm³/mol. The van der Waals surface area contributed by atoms with Gasteiger partial charge in [-0.3, -0.25) is 4.79 Å². The third-order valence-corrected chi connectivity index (χ3v) is 3.76. The lowest BCUT2D eigenvalue weighted by Crippen LogP contribution is -2.39. The number of nitrogens with zero attached hydrogens (tertiary/aromatic N) is 1. The van der Waals surface area contributed by atoms with Crippen LogP contribution in [0.2, 0.25) is 0 Å². The minimum atomic E-state index is 0.0548. The van der Waals surface area contributed by atoms with Gasteiger partial charge >= 0.3 is 0 Å². The zero-order valence-corrected chi connectivity index (χ0v) is 13.2. The average molecular weight is 281 g/mol. The quantitative estimate of drug-likeness (QED) is 0.801. The number of amides is 1. The molecule has 0 aliphatic carbocycles. The van der Waals surface area contributed by atoms with Crippen molar-refractivity contribution < 1.29 is 4.79 Å². The van der Waals surface area contributed by atoms with Crippen molar-refractivity contribution in [2.75, 3.05) is 0 Å². The molecule has 1 amide bonds. The van der Waals surface area contributed by atoms with E-state index in [0.29, 0.717) is 0 Å². The van der Waals surface area contributed by atoms with E-state index in [2.05, 4.69) is 32.9 Å². The van der Waals surface area contributed by atoms with Gasteiger partial charge in [0.2, 0.25) is 0 Å². The van der Waals surface area contributed by atoms with Crippen molar-refractivity contribution in [2.45, 2.75) is 39.8 Å². The highest BCUT2D eigenvalue weighted by atomic mass is 16.2. The van der Waals surface area contributed by atoms with E-state index in [-0.39, 0.29) is 18.0 Å². The number of carbonyl (C=O) groups excluding carboxylic acids is 1. The fraction of sp³-hybridized carbons (Fsp3) is 0.316. The number of hydrogen-bond acceptors (Lipinski definition) is 1. The monoisotopic (exact) mass is 281 g/mol. The highest BCUT2D eigenvalue weighted by molar-refractivity contribution is 5.94. The minimum Gasteiger partial charge on any atom is -0.329 e. The van der Waals surface area contributed by atoms with Crippen molar-refractivity contribution in [1.82, 2.24) is 4.90 Å². The smallest absolute Gasteiger partial charge is 0.254 e. The molecule has 2 nitrogen and oxygen atoms in total. The molecule has 1 atom stereocenters. The van der Waals surface area contributed by atoms with Crippen LogP contribution < -0.4 is 0 Å². The molecular formula is C19H23NO. The zero-order valence-electron chi connectivity index (χ0n) is 13.2. The fourth-order valence-electron chi connectivity index (χ4n) is 2.68. The van der Waals surface area contributed by atoms with E-state index in [1.807, 2.05) is 54.3 Å². The first-order valence-electron chi connectivity index (χ1n) is 7.45. The van der Waals surface area contributed by atoms with Crippen LogP contribution in [0.25, 0.3) is 0 Å². The maximum absolute atomic E-state index is 12.9. The van der Waals surface area contributed by atoms with Crippen molar-refractivity contribution in [3.8, 4) is 0 Å². The standard InChI is InChI=1S/C19H23NO/c1-14(2)20(16(4)17-10-6-5-7-11-17)19(21)18-12-8-9-15(3)13-18/h5-14,16H,1-4H3/t16-/m1/s1. The third-order valence-electron chi connectivity index (χ3n) is 3.76. The number of hydrogen-bond donors (Lipinski definition) is 0. The van der Waals surface area contributed by atoms with Gasteiger partial charge in [-0.15, -0.1) is 0 Å². The Kier molecular flexibility index (Phi) is 4.79. The lowest BCUT2D eigenvalue weighted by Gasteiger charge is -2.33. The molecule has 0 fully saturated rings. The Morgan fingerprint density at radius 3 is 2.19 bits per heavy atom. The van der Waals surface area contributed by atoms with Crippen molar-refractivity contribution in [3.63, 3.8) is 0 Å². The first-order valence-corrected chi connectivity index (χ1v) is 7.45. The summed E-state index contributed by atoms with van der Waals surface area (Å²) >= 11 is 0. The van der Waals surface area contributed by atoms with E-state index < -0.39 is 0 Å². The SMILES string of the molecule is Cc1cccc(C(=O)N(C(C)C)[C@H](C)c2ccccc2)c1. The van der Waals surface area contributed by atoms with Crippen LogP contribution in [0.1, 0.15) is 48.3 Å². The average Bonchev–Trinajstić information content (AvgIpc) is 2.47. The fourth-order valence-corrected chi connectivity index (χ4v) is 2.68. The van der Waals surface area contributed by atoms with Crippen LogP contribution in [0.5, 0.6) is 0 Å². The molecule has 0 saturated heterocycles. The molecule has 0 spiro atoms. The predicted octanol–water partition coefficient (Wildman–Crippen LogP) is 4.61. The Morgan fingerprint density at radius 1 is 0.952 bits per heavy atom. The summed E-state index contributed by atoms with van der Waals surface area (Å²) in [5.74, 6) is 0.0880. The van der Waals surface area contributed by atoms with Gasteiger partial charge in [-0.05, 0) is 45.4 Å². The summed E-state index contributed by atoms with van der Waals surface area (Å²) in [6, 6.07) is 18.2. The van der Waals surface area contributed by atoms with E-state index in [9.17, 15) is 4.79 Å². The lowest BCUT2D eigenvalue weighted by molar-refractivity contribution is 0.0624. The number of benzene rings is 2. The Bertz CT molecular complexity index is 604. The number of carbonyl (C=O) groups is 1. The van der Waals surface area contributed by atoms with Crippen LogP contribution in [-0.2, 0) is 0 Å². The number of rotatable bonds is 4. The van der Waals surface area contributed by atoms with Crippen LogP contribution in [-0.4, -0.2) is 16.8 Å². The molecule has 110 valence electrons. The highest BCUT2D eigenvalue weighted by Crippen LogP contribution is 2.24. The summed E-state index contributed by atoms with van der Waals surface area (Å²) in [6.45, 7) is 8.22. The molecule has 2 aromatic rings. The summed E-state index contributed by atoms with van der Waals surface area (Å²) < 4.78 is 0. The normalized spacial score (nSPS) is 12.2. The molecule has 0 radical (unpaired) electrons. The molecule has 2 heteroatoms. The minimum absolute atomic E-state index is 0.0548. The van der Waals surface area contributed by atoms with Gasteiger partial charge in [-0.25, -0.2) is 0 Å². The Balaban J connectivity index is 2.33. The largest absolute Gasteiger partial charge is 0.329 e. The second-order valence-electron chi connectivity index (χ2n) is 5.76. The number of aryl methyl sites for hydroxylation is 1. The van der Waals surface area contributed by atoms with E-state index >= 15 is 0 Å². The summed E-state index contributed by atoms with van der Waals surface area (Å²) in [5.41, 5.74) is 3.02. The molecular weight excluding hydrogens is 258 g/mol. The zero-order chi connectivity index (χ0) is 15.4. The van der Waals surface area contributed by atoms with Gasteiger partial charge in [0.1, 0.15) is 0 Å². The molecule has 0 aromatic heterocycles. The molecule has 0 aliphatic heterocycles. The van der Waals surface area contributed by atoms with Crippen LogP contribution in [0.15, 0.2) is 54.6 Å². The molecule has 2 aromatic carbocycles. The van der Waals surface area contributed by atoms with Gasteiger partial charge in [0.25, 0.3) is 5.91 Å². The second-order valence-corrected chi connectivity index (χ2v) is 5.76. The van der Waals surface area contributed by atoms with Gasteiger partial charge in [0.05, 0.1) is 6.04 Å². The first kappa shape index (κ1) is 15.3. The van der Waals surface area contributed by atoms with E-state index in [4.69, 9.17) is 0 Å². The highest BCUT2D eigenvalue weighted by Gasteiger charge is 2.25. The second kappa shape index (κ2) is 6.57. The Morgan fingerprint density at radius 2 is 1.62 bits per heavy atom. The topological polar surface area (TPSA) is 20.3 Å².